The zero-order valence-corrected chi connectivity index (χ0v) is 16.4. The van der Waals surface area contributed by atoms with Crippen LogP contribution in [0.5, 0.6) is 0 Å². The molecule has 2 aliphatic heterocycles. The Morgan fingerprint density at radius 1 is 1.25 bits per heavy atom. The number of hydrogen-bond acceptors (Lipinski definition) is 2. The summed E-state index contributed by atoms with van der Waals surface area (Å²) in [6.45, 7) is 1.65. The summed E-state index contributed by atoms with van der Waals surface area (Å²) < 4.78 is 15.8. The van der Waals surface area contributed by atoms with Crippen LogP contribution in [-0.4, -0.2) is 27.5 Å². The molecule has 4 heteroatoms. The lowest BCUT2D eigenvalue weighted by atomic mass is 9.84. The molecule has 3 nitrogen and oxygen atoms in total. The number of hydrogen-bond donors (Lipinski definition) is 0. The number of aryl methyl sites for hydroxylation is 1. The molecular weight excluding hydrogens is 349 g/mol. The van der Waals surface area contributed by atoms with E-state index in [-0.39, 0.29) is 0 Å². The van der Waals surface area contributed by atoms with Gasteiger partial charge >= 0.3 is 0 Å². The number of nitrogens with zero attached hydrogens (tertiary/aromatic N) is 3. The fourth-order valence-electron chi connectivity index (χ4n) is 5.57. The normalized spacial score (nSPS) is 24.5. The molecule has 3 aromatic rings. The highest BCUT2D eigenvalue weighted by atomic mass is 19.1. The van der Waals surface area contributed by atoms with E-state index in [0.717, 1.165) is 24.1 Å². The number of benzene rings is 1. The summed E-state index contributed by atoms with van der Waals surface area (Å²) in [6, 6.07) is 9.42. The van der Waals surface area contributed by atoms with Gasteiger partial charge in [-0.3, -0.25) is 9.88 Å². The van der Waals surface area contributed by atoms with Crippen LogP contribution in [0.4, 0.5) is 4.39 Å². The summed E-state index contributed by atoms with van der Waals surface area (Å²) >= 11 is 0. The highest BCUT2D eigenvalue weighted by Gasteiger charge is 2.40. The zero-order chi connectivity index (χ0) is 19.0. The Kier molecular flexibility index (Phi) is 3.40. The van der Waals surface area contributed by atoms with Gasteiger partial charge < -0.3 is 4.57 Å². The third kappa shape index (κ3) is 2.15. The smallest absolute Gasteiger partial charge is 0.115 e. The van der Waals surface area contributed by atoms with Gasteiger partial charge in [-0.1, -0.05) is 6.07 Å². The molecule has 0 spiro atoms. The molecular formula is C24H24FN3. The minimum atomic E-state index is -0.403. The number of rotatable bonds is 2. The molecule has 1 aromatic carbocycles. The van der Waals surface area contributed by atoms with Gasteiger partial charge in [-0.25, -0.2) is 4.39 Å². The number of fused-ring (bicyclic) bond motifs is 7. The molecule has 2 atom stereocenters. The minimum Gasteiger partial charge on any atom is -0.320 e. The molecule has 2 bridgehead atoms. The second-order valence-corrected chi connectivity index (χ2v) is 8.65. The third-order valence-corrected chi connectivity index (χ3v) is 7.10. The van der Waals surface area contributed by atoms with Crippen LogP contribution in [0.2, 0.25) is 0 Å². The van der Waals surface area contributed by atoms with E-state index >= 15 is 0 Å². The van der Waals surface area contributed by atoms with Crippen molar-refractivity contribution in [2.45, 2.75) is 51.4 Å². The molecule has 3 aliphatic rings. The van der Waals surface area contributed by atoms with Crippen LogP contribution >= 0.6 is 0 Å². The number of halogens is 1. The van der Waals surface area contributed by atoms with Gasteiger partial charge in [0.15, 0.2) is 0 Å². The molecule has 2 aromatic heterocycles. The zero-order valence-electron chi connectivity index (χ0n) is 16.4. The van der Waals surface area contributed by atoms with E-state index in [9.17, 15) is 4.39 Å². The summed E-state index contributed by atoms with van der Waals surface area (Å²) in [6.07, 6.45) is 8.86. The maximum atomic E-state index is 13.4. The highest BCUT2D eigenvalue weighted by molar-refractivity contribution is 5.93. The average Bonchev–Trinajstić information content (AvgIpc) is 3.10. The summed E-state index contributed by atoms with van der Waals surface area (Å²) in [5, 5.41) is 1.24. The first-order valence-corrected chi connectivity index (χ1v) is 10.2. The fourth-order valence-corrected chi connectivity index (χ4v) is 5.57. The standard InChI is InChI=1S/C24H24FN3/c1-14-7-19-16(12-26-14)9-17(19)13-28-21-5-3-15(11-25)8-20(21)24-22-6-4-18(27(22)2)10-23(24)28/h3,5,7-8,12-13,18,22H,4,6,9-11H2,1-2H3/b17-13+. The van der Waals surface area contributed by atoms with Crippen LogP contribution < -0.4 is 0 Å². The van der Waals surface area contributed by atoms with Gasteiger partial charge in [0.25, 0.3) is 0 Å². The quantitative estimate of drug-likeness (QED) is 0.626. The van der Waals surface area contributed by atoms with E-state index in [1.165, 1.54) is 51.7 Å². The van der Waals surface area contributed by atoms with Crippen molar-refractivity contribution < 1.29 is 4.39 Å². The predicted molar refractivity (Wildman–Crippen MR) is 111 cm³/mol. The first-order valence-electron chi connectivity index (χ1n) is 10.2. The Morgan fingerprint density at radius 2 is 2.14 bits per heavy atom. The van der Waals surface area contributed by atoms with Crippen LogP contribution in [-0.2, 0) is 19.5 Å². The lowest BCUT2D eigenvalue weighted by molar-refractivity contribution is 0.223. The molecule has 6 rings (SSSR count). The van der Waals surface area contributed by atoms with Crippen LogP contribution in [0, 0.1) is 6.92 Å². The Labute approximate surface area is 164 Å². The Bertz CT molecular complexity index is 1160. The molecule has 4 heterocycles. The molecule has 142 valence electrons. The molecule has 0 radical (unpaired) electrons. The average molecular weight is 373 g/mol. The van der Waals surface area contributed by atoms with Gasteiger partial charge in [-0.05, 0) is 72.8 Å². The van der Waals surface area contributed by atoms with Crippen LogP contribution in [0.15, 0.2) is 30.5 Å². The second-order valence-electron chi connectivity index (χ2n) is 8.65. The van der Waals surface area contributed by atoms with Gasteiger partial charge in [-0.2, -0.15) is 0 Å². The largest absolute Gasteiger partial charge is 0.320 e. The van der Waals surface area contributed by atoms with Gasteiger partial charge in [0.05, 0.1) is 5.52 Å². The van der Waals surface area contributed by atoms with Gasteiger partial charge in [0.1, 0.15) is 6.67 Å². The Morgan fingerprint density at radius 3 is 3.00 bits per heavy atom. The van der Waals surface area contributed by atoms with Crippen molar-refractivity contribution in [2.24, 2.45) is 0 Å². The number of allylic oxidation sites excluding steroid dienone is 1. The molecule has 0 N–H and O–H groups in total. The van der Waals surface area contributed by atoms with E-state index in [2.05, 4.69) is 52.8 Å². The lowest BCUT2D eigenvalue weighted by Gasteiger charge is -2.32. The summed E-state index contributed by atoms with van der Waals surface area (Å²) in [7, 11) is 2.25. The summed E-state index contributed by atoms with van der Waals surface area (Å²) in [4.78, 5) is 6.96. The van der Waals surface area contributed by atoms with Crippen molar-refractivity contribution >= 4 is 22.7 Å². The summed E-state index contributed by atoms with van der Waals surface area (Å²) in [5.74, 6) is 0. The number of alkyl halides is 1. The highest BCUT2D eigenvalue weighted by Crippen LogP contribution is 2.47. The van der Waals surface area contributed by atoms with E-state index in [1.54, 1.807) is 0 Å². The monoisotopic (exact) mass is 373 g/mol. The first-order chi connectivity index (χ1) is 13.6. The van der Waals surface area contributed by atoms with Crippen LogP contribution in [0.3, 0.4) is 0 Å². The van der Waals surface area contributed by atoms with E-state index in [1.807, 2.05) is 12.3 Å². The van der Waals surface area contributed by atoms with Crippen molar-refractivity contribution in [1.82, 2.24) is 14.5 Å². The maximum absolute atomic E-state index is 13.4. The lowest BCUT2D eigenvalue weighted by Crippen LogP contribution is -2.34. The fraction of sp³-hybridized carbons (Fsp3) is 0.375. The van der Waals surface area contributed by atoms with Crippen LogP contribution in [0.1, 0.15) is 52.5 Å². The van der Waals surface area contributed by atoms with Gasteiger partial charge in [0.2, 0.25) is 0 Å². The first kappa shape index (κ1) is 16.5. The molecule has 1 aliphatic carbocycles. The van der Waals surface area contributed by atoms with Gasteiger partial charge in [0, 0.05) is 54.1 Å². The van der Waals surface area contributed by atoms with Gasteiger partial charge in [-0.15, -0.1) is 0 Å². The molecule has 1 fully saturated rings. The Hall–Kier alpha value is -2.46. The molecule has 2 unspecified atom stereocenters. The van der Waals surface area contributed by atoms with Crippen molar-refractivity contribution in [3.05, 3.63) is 64.1 Å². The van der Waals surface area contributed by atoms with Crippen molar-refractivity contribution in [2.75, 3.05) is 7.05 Å². The van der Waals surface area contributed by atoms with Crippen molar-refractivity contribution in [3.8, 4) is 0 Å². The number of pyridine rings is 1. The number of aromatic nitrogens is 2. The topological polar surface area (TPSA) is 21.1 Å². The molecule has 0 saturated carbocycles. The maximum Gasteiger partial charge on any atom is 0.115 e. The minimum absolute atomic E-state index is 0.403. The van der Waals surface area contributed by atoms with E-state index in [4.69, 9.17) is 0 Å². The third-order valence-electron chi connectivity index (χ3n) is 7.10. The molecule has 28 heavy (non-hydrogen) atoms. The predicted octanol–water partition coefficient (Wildman–Crippen LogP) is 5.06. The summed E-state index contributed by atoms with van der Waals surface area (Å²) in [5.41, 5.74) is 9.97. The van der Waals surface area contributed by atoms with Crippen molar-refractivity contribution in [1.29, 1.82) is 0 Å². The van der Waals surface area contributed by atoms with Crippen molar-refractivity contribution in [3.63, 3.8) is 0 Å². The Balaban J connectivity index is 1.58. The van der Waals surface area contributed by atoms with E-state index < -0.39 is 6.67 Å². The SMILES string of the molecule is Cc1cc2c(cn1)C/C2=C\n1c2c(c3cc(CF)ccc31)C1CCC(C2)N1C. The molecule has 1 saturated heterocycles. The number of likely N-dealkylation sites (N-methyl/N-ethyl adjacent to an activating group) is 1. The van der Waals surface area contributed by atoms with E-state index in [0.29, 0.717) is 12.1 Å². The second kappa shape index (κ2) is 5.77. The van der Waals surface area contributed by atoms with Crippen LogP contribution in [0.25, 0.3) is 22.7 Å². The molecule has 0 amide bonds.